The van der Waals surface area contributed by atoms with Gasteiger partial charge < -0.3 is 15.5 Å². The molecule has 3 amide bonds. The third kappa shape index (κ3) is 3.58. The van der Waals surface area contributed by atoms with Crippen LogP contribution in [-0.4, -0.2) is 30.3 Å². The van der Waals surface area contributed by atoms with Crippen molar-refractivity contribution in [3.8, 4) is 0 Å². The summed E-state index contributed by atoms with van der Waals surface area (Å²) in [5, 5.41) is 5.43. The monoisotopic (exact) mass is 329 g/mol. The molecule has 2 N–H and O–H groups in total. The summed E-state index contributed by atoms with van der Waals surface area (Å²) in [6, 6.07) is 5.54. The quantitative estimate of drug-likeness (QED) is 0.815. The largest absolute Gasteiger partial charge is 0.345 e. The van der Waals surface area contributed by atoms with Gasteiger partial charge in [-0.3, -0.25) is 14.4 Å². The second-order valence-corrected chi connectivity index (χ2v) is 6.53. The lowest BCUT2D eigenvalue weighted by molar-refractivity contribution is -0.136. The Bertz CT molecular complexity index is 665. The van der Waals surface area contributed by atoms with Crippen molar-refractivity contribution in [1.82, 2.24) is 5.32 Å². The van der Waals surface area contributed by atoms with Crippen molar-refractivity contribution >= 4 is 29.1 Å². The molecular weight excluding hydrogens is 306 g/mol. The molecule has 1 aliphatic heterocycles. The molecule has 0 unspecified atom stereocenters. The van der Waals surface area contributed by atoms with Gasteiger partial charge in [0.2, 0.25) is 5.91 Å². The number of amides is 3. The fraction of sp³-hybridized carbons (Fsp3) is 0.500. The van der Waals surface area contributed by atoms with Crippen molar-refractivity contribution in [2.45, 2.75) is 51.5 Å². The van der Waals surface area contributed by atoms with E-state index in [-0.39, 0.29) is 11.9 Å². The molecule has 1 aliphatic carbocycles. The van der Waals surface area contributed by atoms with Crippen LogP contribution in [0.5, 0.6) is 0 Å². The first-order chi connectivity index (χ1) is 11.5. The van der Waals surface area contributed by atoms with E-state index in [4.69, 9.17) is 0 Å². The summed E-state index contributed by atoms with van der Waals surface area (Å²) < 4.78 is 0. The second-order valence-electron chi connectivity index (χ2n) is 6.53. The van der Waals surface area contributed by atoms with Gasteiger partial charge in [0.25, 0.3) is 0 Å². The van der Waals surface area contributed by atoms with Crippen molar-refractivity contribution < 1.29 is 14.4 Å². The third-order valence-corrected chi connectivity index (χ3v) is 4.73. The highest BCUT2D eigenvalue weighted by Crippen LogP contribution is 2.29. The van der Waals surface area contributed by atoms with Crippen LogP contribution in [0.15, 0.2) is 18.2 Å². The molecule has 0 radical (unpaired) electrons. The molecule has 24 heavy (non-hydrogen) atoms. The van der Waals surface area contributed by atoms with Crippen LogP contribution in [0.1, 0.15) is 44.6 Å². The summed E-state index contributed by atoms with van der Waals surface area (Å²) in [4.78, 5) is 37.4. The van der Waals surface area contributed by atoms with Gasteiger partial charge >= 0.3 is 11.8 Å². The molecule has 0 atom stereocenters. The Hall–Kier alpha value is -2.37. The lowest BCUT2D eigenvalue weighted by atomic mass is 10.0. The number of hydrogen-bond donors (Lipinski definition) is 2. The van der Waals surface area contributed by atoms with Crippen molar-refractivity contribution in [3.05, 3.63) is 23.8 Å². The fourth-order valence-corrected chi connectivity index (χ4v) is 3.51. The van der Waals surface area contributed by atoms with E-state index in [1.54, 1.807) is 17.9 Å². The Morgan fingerprint density at radius 2 is 1.83 bits per heavy atom. The van der Waals surface area contributed by atoms with Gasteiger partial charge in [0.15, 0.2) is 0 Å². The van der Waals surface area contributed by atoms with Crippen molar-refractivity contribution in [2.75, 3.05) is 16.8 Å². The SMILES string of the molecule is CC(=O)N1CCCc2cc(NC(=O)C(=O)NC3CCCC3)ccc21. The Kier molecular flexibility index (Phi) is 4.83. The zero-order chi connectivity index (χ0) is 17.1. The van der Waals surface area contributed by atoms with Crippen molar-refractivity contribution in [2.24, 2.45) is 0 Å². The van der Waals surface area contributed by atoms with Gasteiger partial charge in [0, 0.05) is 30.9 Å². The van der Waals surface area contributed by atoms with E-state index in [0.29, 0.717) is 5.69 Å². The van der Waals surface area contributed by atoms with Crippen LogP contribution >= 0.6 is 0 Å². The first-order valence-corrected chi connectivity index (χ1v) is 8.57. The van der Waals surface area contributed by atoms with Gasteiger partial charge in [-0.25, -0.2) is 0 Å². The van der Waals surface area contributed by atoms with Gasteiger partial charge in [-0.2, -0.15) is 0 Å². The predicted octanol–water partition coefficient (Wildman–Crippen LogP) is 1.98. The smallest absolute Gasteiger partial charge is 0.313 e. The summed E-state index contributed by atoms with van der Waals surface area (Å²) in [6.07, 6.45) is 5.84. The van der Waals surface area contributed by atoms with Gasteiger partial charge in [-0.05, 0) is 49.4 Å². The molecule has 0 aromatic heterocycles. The zero-order valence-corrected chi connectivity index (χ0v) is 13.9. The minimum absolute atomic E-state index is 0.0173. The standard InChI is InChI=1S/C18H23N3O3/c1-12(22)21-10-4-5-13-11-15(8-9-16(13)21)20-18(24)17(23)19-14-6-2-3-7-14/h8-9,11,14H,2-7,10H2,1H3,(H,19,23)(H,20,24). The number of nitrogens with zero attached hydrogens (tertiary/aromatic N) is 1. The molecule has 6 nitrogen and oxygen atoms in total. The number of carbonyl (C=O) groups is 3. The number of nitrogens with one attached hydrogen (secondary N) is 2. The average Bonchev–Trinajstić information content (AvgIpc) is 3.06. The molecular formula is C18H23N3O3. The van der Waals surface area contributed by atoms with E-state index in [2.05, 4.69) is 10.6 Å². The van der Waals surface area contributed by atoms with Crippen LogP contribution in [-0.2, 0) is 20.8 Å². The number of fused-ring (bicyclic) bond motifs is 1. The lowest BCUT2D eigenvalue weighted by Gasteiger charge is -2.28. The molecule has 0 bridgehead atoms. The molecule has 0 spiro atoms. The average molecular weight is 329 g/mol. The summed E-state index contributed by atoms with van der Waals surface area (Å²) in [5.41, 5.74) is 2.50. The molecule has 1 heterocycles. The Balaban J connectivity index is 1.66. The van der Waals surface area contributed by atoms with Crippen LogP contribution in [0.25, 0.3) is 0 Å². The third-order valence-electron chi connectivity index (χ3n) is 4.73. The summed E-state index contributed by atoms with van der Waals surface area (Å²) >= 11 is 0. The maximum Gasteiger partial charge on any atom is 0.313 e. The highest BCUT2D eigenvalue weighted by atomic mass is 16.2. The normalized spacial score (nSPS) is 17.3. The second kappa shape index (κ2) is 7.03. The van der Waals surface area contributed by atoms with Crippen LogP contribution in [0.2, 0.25) is 0 Å². The molecule has 1 aromatic rings. The number of benzene rings is 1. The number of hydrogen-bond acceptors (Lipinski definition) is 3. The van der Waals surface area contributed by atoms with Gasteiger partial charge in [0.05, 0.1) is 0 Å². The Morgan fingerprint density at radius 3 is 2.54 bits per heavy atom. The first-order valence-electron chi connectivity index (χ1n) is 8.57. The van der Waals surface area contributed by atoms with Crippen molar-refractivity contribution in [1.29, 1.82) is 0 Å². The van der Waals surface area contributed by atoms with E-state index >= 15 is 0 Å². The topological polar surface area (TPSA) is 78.5 Å². The molecule has 2 aliphatic rings. The van der Waals surface area contributed by atoms with Crippen molar-refractivity contribution in [3.63, 3.8) is 0 Å². The molecule has 1 aromatic carbocycles. The van der Waals surface area contributed by atoms with Gasteiger partial charge in [0.1, 0.15) is 0 Å². The minimum Gasteiger partial charge on any atom is -0.345 e. The molecule has 1 saturated carbocycles. The number of rotatable bonds is 2. The van der Waals surface area contributed by atoms with Crippen LogP contribution in [0.4, 0.5) is 11.4 Å². The first kappa shape index (κ1) is 16.5. The highest BCUT2D eigenvalue weighted by Gasteiger charge is 2.23. The zero-order valence-electron chi connectivity index (χ0n) is 13.9. The summed E-state index contributed by atoms with van der Waals surface area (Å²) in [5.74, 6) is -1.20. The van der Waals surface area contributed by atoms with Gasteiger partial charge in [-0.1, -0.05) is 12.8 Å². The molecule has 6 heteroatoms. The highest BCUT2D eigenvalue weighted by molar-refractivity contribution is 6.39. The summed E-state index contributed by atoms with van der Waals surface area (Å²) in [7, 11) is 0. The van der Waals surface area contributed by atoms with E-state index in [9.17, 15) is 14.4 Å². The van der Waals surface area contributed by atoms with E-state index in [1.807, 2.05) is 12.1 Å². The van der Waals surface area contributed by atoms with Crippen LogP contribution in [0.3, 0.4) is 0 Å². The van der Waals surface area contributed by atoms with Crippen LogP contribution < -0.4 is 15.5 Å². The molecule has 0 saturated heterocycles. The fourth-order valence-electron chi connectivity index (χ4n) is 3.51. The number of carbonyl (C=O) groups excluding carboxylic acids is 3. The maximum absolute atomic E-state index is 12.1. The maximum atomic E-state index is 12.1. The molecule has 1 fully saturated rings. The van der Waals surface area contributed by atoms with E-state index in [1.165, 1.54) is 0 Å². The van der Waals surface area contributed by atoms with Crippen LogP contribution in [0, 0.1) is 0 Å². The van der Waals surface area contributed by atoms with Gasteiger partial charge in [-0.15, -0.1) is 0 Å². The molecule has 128 valence electrons. The minimum atomic E-state index is -0.638. The number of aryl methyl sites for hydroxylation is 1. The Morgan fingerprint density at radius 1 is 1.08 bits per heavy atom. The predicted molar refractivity (Wildman–Crippen MR) is 91.8 cm³/mol. The lowest BCUT2D eigenvalue weighted by Crippen LogP contribution is -2.40. The molecule has 3 rings (SSSR count). The van der Waals surface area contributed by atoms with E-state index < -0.39 is 11.8 Å². The number of anilines is 2. The summed E-state index contributed by atoms with van der Waals surface area (Å²) in [6.45, 7) is 2.27. The van der Waals surface area contributed by atoms with E-state index in [0.717, 1.165) is 56.3 Å². The Labute approximate surface area is 141 Å².